The lowest BCUT2D eigenvalue weighted by molar-refractivity contribution is -0.123. The van der Waals surface area contributed by atoms with Crippen molar-refractivity contribution in [3.05, 3.63) is 25.7 Å². The van der Waals surface area contributed by atoms with Crippen molar-refractivity contribution in [3.8, 4) is 0 Å². The van der Waals surface area contributed by atoms with E-state index in [4.69, 9.17) is 0 Å². The van der Waals surface area contributed by atoms with Gasteiger partial charge in [0.05, 0.1) is 8.69 Å². The molecule has 2 aliphatic rings. The van der Waals surface area contributed by atoms with Gasteiger partial charge in [0.1, 0.15) is 0 Å². The molecule has 2 heterocycles. The summed E-state index contributed by atoms with van der Waals surface area (Å²) in [6, 6.07) is 3.90. The molecule has 1 aromatic heterocycles. The summed E-state index contributed by atoms with van der Waals surface area (Å²) in [4.78, 5) is 27.5. The molecule has 0 bridgehead atoms. The van der Waals surface area contributed by atoms with Gasteiger partial charge in [-0.25, -0.2) is 0 Å². The number of thiophene rings is 1. The van der Waals surface area contributed by atoms with Gasteiger partial charge in [-0.1, -0.05) is 19.3 Å². The zero-order valence-corrected chi connectivity index (χ0v) is 14.7. The van der Waals surface area contributed by atoms with Crippen LogP contribution in [0.2, 0.25) is 0 Å². The highest BCUT2D eigenvalue weighted by molar-refractivity contribution is 9.11. The summed E-state index contributed by atoms with van der Waals surface area (Å²) in [6.07, 6.45) is 7.82. The molecule has 0 radical (unpaired) electrons. The number of hydrogen-bond acceptors (Lipinski definition) is 4. The van der Waals surface area contributed by atoms with Crippen LogP contribution >= 0.6 is 39.0 Å². The maximum Gasteiger partial charge on any atom is 0.293 e. The van der Waals surface area contributed by atoms with Gasteiger partial charge >= 0.3 is 0 Å². The van der Waals surface area contributed by atoms with Gasteiger partial charge in [0.25, 0.3) is 11.1 Å². The molecule has 6 heteroatoms. The largest absolute Gasteiger partial charge is 0.293 e. The molecule has 1 aromatic rings. The number of carbonyl (C=O) groups excluding carboxylic acids is 2. The third-order valence-electron chi connectivity index (χ3n) is 3.91. The summed E-state index contributed by atoms with van der Waals surface area (Å²) in [5.74, 6) is 0.363. The standard InChI is InChI=1S/C15H16BrNO2S2/c16-13-7-6-11(20-13)8-12-14(18)17(15(19)21-12)9-10-4-2-1-3-5-10/h6-8,10H,1-5,9H2/b12-8+. The molecule has 2 amide bonds. The van der Waals surface area contributed by atoms with Crippen molar-refractivity contribution in [2.75, 3.05) is 6.54 Å². The van der Waals surface area contributed by atoms with Crippen molar-refractivity contribution in [3.63, 3.8) is 0 Å². The zero-order chi connectivity index (χ0) is 14.8. The summed E-state index contributed by atoms with van der Waals surface area (Å²) >= 11 is 6.03. The minimum atomic E-state index is -0.125. The molecule has 0 N–H and O–H groups in total. The second kappa shape index (κ2) is 6.67. The molecule has 0 unspecified atom stereocenters. The van der Waals surface area contributed by atoms with Crippen molar-refractivity contribution in [1.82, 2.24) is 4.90 Å². The number of carbonyl (C=O) groups is 2. The second-order valence-electron chi connectivity index (χ2n) is 5.44. The Bertz CT molecular complexity index is 590. The number of rotatable bonds is 3. The summed E-state index contributed by atoms with van der Waals surface area (Å²) in [5.41, 5.74) is 0. The van der Waals surface area contributed by atoms with Crippen LogP contribution in [-0.2, 0) is 4.79 Å². The Labute approximate surface area is 140 Å². The molecule has 0 aromatic carbocycles. The average Bonchev–Trinajstić information content (AvgIpc) is 2.99. The highest BCUT2D eigenvalue weighted by Gasteiger charge is 2.36. The monoisotopic (exact) mass is 385 g/mol. The summed E-state index contributed by atoms with van der Waals surface area (Å²) in [6.45, 7) is 0.593. The van der Waals surface area contributed by atoms with Gasteiger partial charge in [0.2, 0.25) is 0 Å². The zero-order valence-electron chi connectivity index (χ0n) is 11.5. The number of nitrogens with zero attached hydrogens (tertiary/aromatic N) is 1. The molecule has 112 valence electrons. The molecule has 3 rings (SSSR count). The van der Waals surface area contributed by atoms with Crippen LogP contribution in [0.1, 0.15) is 37.0 Å². The Balaban J connectivity index is 1.71. The minimum Gasteiger partial charge on any atom is -0.268 e. The Morgan fingerprint density at radius 3 is 2.67 bits per heavy atom. The van der Waals surface area contributed by atoms with E-state index < -0.39 is 0 Å². The normalized spacial score (nSPS) is 22.5. The Hall–Kier alpha value is -0.590. The quantitative estimate of drug-likeness (QED) is 0.676. The van der Waals surface area contributed by atoms with E-state index >= 15 is 0 Å². The van der Waals surface area contributed by atoms with Crippen molar-refractivity contribution in [2.45, 2.75) is 32.1 Å². The summed E-state index contributed by atoms with van der Waals surface area (Å²) < 4.78 is 1.02. The first kappa shape index (κ1) is 15.3. The van der Waals surface area contributed by atoms with Crippen LogP contribution in [0, 0.1) is 5.92 Å². The molecule has 1 aliphatic carbocycles. The maximum absolute atomic E-state index is 12.4. The lowest BCUT2D eigenvalue weighted by Gasteiger charge is -2.25. The molecular weight excluding hydrogens is 370 g/mol. The van der Waals surface area contributed by atoms with Crippen LogP contribution in [-0.4, -0.2) is 22.6 Å². The Morgan fingerprint density at radius 1 is 1.24 bits per heavy atom. The third-order valence-corrected chi connectivity index (χ3v) is 6.38. The smallest absolute Gasteiger partial charge is 0.268 e. The van der Waals surface area contributed by atoms with Crippen LogP contribution in [0.3, 0.4) is 0 Å². The van der Waals surface area contributed by atoms with E-state index in [1.54, 1.807) is 11.3 Å². The number of halogens is 1. The third kappa shape index (κ3) is 3.60. The van der Waals surface area contributed by atoms with Gasteiger partial charge in [-0.05, 0) is 64.7 Å². The highest BCUT2D eigenvalue weighted by atomic mass is 79.9. The van der Waals surface area contributed by atoms with Crippen LogP contribution in [0.4, 0.5) is 4.79 Å². The molecule has 3 nitrogen and oxygen atoms in total. The van der Waals surface area contributed by atoms with E-state index in [1.807, 2.05) is 18.2 Å². The van der Waals surface area contributed by atoms with E-state index in [0.717, 1.165) is 33.3 Å². The first-order valence-corrected chi connectivity index (χ1v) is 9.57. The second-order valence-corrected chi connectivity index (χ2v) is 8.93. The van der Waals surface area contributed by atoms with Crippen molar-refractivity contribution in [2.24, 2.45) is 5.92 Å². The Kier molecular flexibility index (Phi) is 4.86. The predicted molar refractivity (Wildman–Crippen MR) is 91.3 cm³/mol. The molecule has 1 aliphatic heterocycles. The van der Waals surface area contributed by atoms with Crippen molar-refractivity contribution < 1.29 is 9.59 Å². The molecule has 2 fully saturated rings. The summed E-state index contributed by atoms with van der Waals surface area (Å²) in [5, 5.41) is -0.118. The molecule has 21 heavy (non-hydrogen) atoms. The molecule has 0 atom stereocenters. The first-order valence-electron chi connectivity index (χ1n) is 7.14. The molecule has 1 saturated heterocycles. The fourth-order valence-electron chi connectivity index (χ4n) is 2.82. The van der Waals surface area contributed by atoms with Gasteiger partial charge in [-0.2, -0.15) is 0 Å². The van der Waals surface area contributed by atoms with Gasteiger partial charge in [0.15, 0.2) is 0 Å². The van der Waals surface area contributed by atoms with Gasteiger partial charge in [0, 0.05) is 11.4 Å². The SMILES string of the molecule is O=C1S/C(=C/c2ccc(Br)s2)C(=O)N1CC1CCCCC1. The number of imide groups is 1. The van der Waals surface area contributed by atoms with E-state index in [0.29, 0.717) is 17.4 Å². The minimum absolute atomic E-state index is 0.118. The van der Waals surface area contributed by atoms with Crippen LogP contribution < -0.4 is 0 Å². The highest BCUT2D eigenvalue weighted by Crippen LogP contribution is 2.36. The van der Waals surface area contributed by atoms with Gasteiger partial charge < -0.3 is 0 Å². The predicted octanol–water partition coefficient (Wildman–Crippen LogP) is 5.13. The number of thioether (sulfide) groups is 1. The lowest BCUT2D eigenvalue weighted by atomic mass is 9.89. The van der Waals surface area contributed by atoms with Gasteiger partial charge in [-0.15, -0.1) is 11.3 Å². The van der Waals surface area contributed by atoms with E-state index in [-0.39, 0.29) is 11.1 Å². The van der Waals surface area contributed by atoms with Crippen LogP contribution in [0.15, 0.2) is 20.8 Å². The van der Waals surface area contributed by atoms with Gasteiger partial charge in [-0.3, -0.25) is 14.5 Å². The van der Waals surface area contributed by atoms with E-state index in [1.165, 1.54) is 24.2 Å². The maximum atomic E-state index is 12.4. The topological polar surface area (TPSA) is 37.4 Å². The van der Waals surface area contributed by atoms with Crippen LogP contribution in [0.25, 0.3) is 6.08 Å². The Morgan fingerprint density at radius 2 is 2.00 bits per heavy atom. The lowest BCUT2D eigenvalue weighted by Crippen LogP contribution is -2.34. The van der Waals surface area contributed by atoms with Crippen molar-refractivity contribution in [1.29, 1.82) is 0 Å². The number of hydrogen-bond donors (Lipinski definition) is 0. The fraction of sp³-hybridized carbons (Fsp3) is 0.467. The molecular formula is C15H16BrNO2S2. The summed E-state index contributed by atoms with van der Waals surface area (Å²) in [7, 11) is 0. The first-order chi connectivity index (χ1) is 10.1. The molecule has 0 spiro atoms. The average molecular weight is 386 g/mol. The van der Waals surface area contributed by atoms with Crippen LogP contribution in [0.5, 0.6) is 0 Å². The van der Waals surface area contributed by atoms with E-state index in [2.05, 4.69) is 15.9 Å². The van der Waals surface area contributed by atoms with E-state index in [9.17, 15) is 9.59 Å². The number of amides is 2. The van der Waals surface area contributed by atoms with Crippen molar-refractivity contribution >= 4 is 56.3 Å². The fourth-order valence-corrected chi connectivity index (χ4v) is 5.10. The molecule has 1 saturated carbocycles.